The van der Waals surface area contributed by atoms with Gasteiger partial charge in [0.25, 0.3) is 0 Å². The molecule has 0 saturated heterocycles. The normalized spacial score (nSPS) is 15.1. The molecule has 1 aliphatic carbocycles. The SMILES string of the molecule is CCCCN(CC(=O)O)C(=O)[C@H](CCCN=C(N)N)NS(=O)(=O)c1ccc(OC)c(C2CCCCC2)c1. The molecular formula is C25H41N5O6S. The number of aliphatic carboxylic acids is 1. The number of carbonyl (C=O) groups is 2. The van der Waals surface area contributed by atoms with E-state index in [-0.39, 0.29) is 36.3 Å². The predicted octanol–water partition coefficient (Wildman–Crippen LogP) is 2.16. The molecule has 0 radical (unpaired) electrons. The Morgan fingerprint density at radius 2 is 1.92 bits per heavy atom. The van der Waals surface area contributed by atoms with Crippen molar-refractivity contribution in [2.24, 2.45) is 16.5 Å². The van der Waals surface area contributed by atoms with E-state index in [1.807, 2.05) is 6.92 Å². The van der Waals surface area contributed by atoms with Crippen molar-refractivity contribution in [1.29, 1.82) is 0 Å². The molecule has 1 aliphatic rings. The highest BCUT2D eigenvalue weighted by atomic mass is 32.2. The van der Waals surface area contributed by atoms with Crippen LogP contribution in [0.4, 0.5) is 0 Å². The lowest BCUT2D eigenvalue weighted by molar-refractivity contribution is -0.145. The number of unbranched alkanes of at least 4 members (excludes halogenated alkanes) is 1. The van der Waals surface area contributed by atoms with Gasteiger partial charge < -0.3 is 26.2 Å². The third kappa shape index (κ3) is 9.51. The molecule has 0 aliphatic heterocycles. The molecule has 0 spiro atoms. The number of carbonyl (C=O) groups excluding carboxylic acids is 1. The maximum absolute atomic E-state index is 13.5. The Labute approximate surface area is 219 Å². The molecule has 0 heterocycles. The Bertz CT molecular complexity index is 1040. The van der Waals surface area contributed by atoms with Crippen LogP contribution in [-0.4, -0.2) is 69.0 Å². The lowest BCUT2D eigenvalue weighted by Crippen LogP contribution is -2.50. The van der Waals surface area contributed by atoms with Gasteiger partial charge in [-0.1, -0.05) is 32.6 Å². The van der Waals surface area contributed by atoms with Crippen molar-refractivity contribution in [3.63, 3.8) is 0 Å². The number of hydrogen-bond acceptors (Lipinski definition) is 6. The first-order valence-electron chi connectivity index (χ1n) is 12.8. The number of hydrogen-bond donors (Lipinski definition) is 4. The molecule has 1 atom stereocenters. The van der Waals surface area contributed by atoms with Gasteiger partial charge in [0.1, 0.15) is 18.3 Å². The Balaban J connectivity index is 2.35. The molecule has 37 heavy (non-hydrogen) atoms. The number of guanidine groups is 1. The van der Waals surface area contributed by atoms with Gasteiger partial charge in [0.15, 0.2) is 5.96 Å². The molecule has 2 rings (SSSR count). The summed E-state index contributed by atoms with van der Waals surface area (Å²) in [5.74, 6) is -1.02. The summed E-state index contributed by atoms with van der Waals surface area (Å²) in [5.41, 5.74) is 11.6. The number of carboxylic acid groups (broad SMARTS) is 1. The van der Waals surface area contributed by atoms with E-state index in [0.29, 0.717) is 18.6 Å². The third-order valence-corrected chi connectivity index (χ3v) is 7.99. The zero-order chi connectivity index (χ0) is 27.4. The highest BCUT2D eigenvalue weighted by Gasteiger charge is 2.31. The number of rotatable bonds is 15. The van der Waals surface area contributed by atoms with E-state index >= 15 is 0 Å². The van der Waals surface area contributed by atoms with Gasteiger partial charge in [0, 0.05) is 13.1 Å². The van der Waals surface area contributed by atoms with Crippen molar-refractivity contribution in [1.82, 2.24) is 9.62 Å². The molecular weight excluding hydrogens is 498 g/mol. The van der Waals surface area contributed by atoms with Gasteiger partial charge in [-0.3, -0.25) is 14.6 Å². The molecule has 11 nitrogen and oxygen atoms in total. The number of methoxy groups -OCH3 is 1. The van der Waals surface area contributed by atoms with E-state index in [9.17, 15) is 23.1 Å². The summed E-state index contributed by atoms with van der Waals surface area (Å²) in [6.45, 7) is 1.82. The van der Waals surface area contributed by atoms with Crippen LogP contribution < -0.4 is 20.9 Å². The van der Waals surface area contributed by atoms with Crippen LogP contribution in [0.3, 0.4) is 0 Å². The van der Waals surface area contributed by atoms with Crippen molar-refractivity contribution in [3.8, 4) is 5.75 Å². The Morgan fingerprint density at radius 1 is 1.22 bits per heavy atom. The van der Waals surface area contributed by atoms with Crippen LogP contribution in [0, 0.1) is 0 Å². The number of nitrogens with two attached hydrogens (primary N) is 2. The number of ether oxygens (including phenoxy) is 1. The topological polar surface area (TPSA) is 177 Å². The second-order valence-corrected chi connectivity index (χ2v) is 11.1. The first-order chi connectivity index (χ1) is 17.6. The lowest BCUT2D eigenvalue weighted by atomic mass is 9.84. The lowest BCUT2D eigenvalue weighted by Gasteiger charge is -2.27. The highest BCUT2D eigenvalue weighted by Crippen LogP contribution is 2.38. The van der Waals surface area contributed by atoms with Crippen LogP contribution in [0.15, 0.2) is 28.1 Å². The summed E-state index contributed by atoms with van der Waals surface area (Å²) in [4.78, 5) is 29.9. The molecule has 6 N–H and O–H groups in total. The molecule has 0 unspecified atom stereocenters. The molecule has 1 amide bonds. The monoisotopic (exact) mass is 539 g/mol. The summed E-state index contributed by atoms with van der Waals surface area (Å²) in [7, 11) is -2.55. The quantitative estimate of drug-likeness (QED) is 0.149. The zero-order valence-electron chi connectivity index (χ0n) is 21.8. The fraction of sp³-hybridized carbons (Fsp3) is 0.640. The van der Waals surface area contributed by atoms with E-state index < -0.39 is 34.5 Å². The molecule has 208 valence electrons. The minimum atomic E-state index is -4.11. The van der Waals surface area contributed by atoms with Gasteiger partial charge in [-0.05, 0) is 61.8 Å². The van der Waals surface area contributed by atoms with Gasteiger partial charge in [-0.2, -0.15) is 4.72 Å². The Hall–Kier alpha value is -2.86. The summed E-state index contributed by atoms with van der Waals surface area (Å²) in [5, 5.41) is 9.31. The second-order valence-electron chi connectivity index (χ2n) is 9.37. The average molecular weight is 540 g/mol. The summed E-state index contributed by atoms with van der Waals surface area (Å²) >= 11 is 0. The average Bonchev–Trinajstić information content (AvgIpc) is 2.87. The molecule has 1 saturated carbocycles. The Morgan fingerprint density at radius 3 is 2.51 bits per heavy atom. The molecule has 0 aromatic heterocycles. The number of carboxylic acids is 1. The van der Waals surface area contributed by atoms with Gasteiger partial charge in [0.05, 0.1) is 12.0 Å². The molecule has 0 bridgehead atoms. The van der Waals surface area contributed by atoms with Gasteiger partial charge in [0.2, 0.25) is 15.9 Å². The molecule has 12 heteroatoms. The van der Waals surface area contributed by atoms with Crippen molar-refractivity contribution in [2.45, 2.75) is 81.6 Å². The summed E-state index contributed by atoms with van der Waals surface area (Å²) < 4.78 is 35.0. The van der Waals surface area contributed by atoms with Crippen LogP contribution in [0.2, 0.25) is 0 Å². The van der Waals surface area contributed by atoms with Crippen molar-refractivity contribution in [2.75, 3.05) is 26.7 Å². The predicted molar refractivity (Wildman–Crippen MR) is 142 cm³/mol. The van der Waals surface area contributed by atoms with Crippen molar-refractivity contribution < 1.29 is 27.9 Å². The van der Waals surface area contributed by atoms with Crippen molar-refractivity contribution >= 4 is 27.9 Å². The van der Waals surface area contributed by atoms with Gasteiger partial charge in [-0.15, -0.1) is 0 Å². The third-order valence-electron chi connectivity index (χ3n) is 6.52. The fourth-order valence-corrected chi connectivity index (χ4v) is 5.86. The first-order valence-corrected chi connectivity index (χ1v) is 14.3. The molecule has 1 aromatic rings. The standard InChI is InChI=1S/C25H41N5O6S/c1-3-4-15-30(17-23(31)32)24(33)21(11-8-14-28-25(26)27)29-37(34,35)19-12-13-22(36-2)20(16-19)18-9-6-5-7-10-18/h12-13,16,18,21,29H,3-11,14-15,17H2,1-2H3,(H,31,32)(H4,26,27,28)/t21-/m0/s1. The van der Waals surface area contributed by atoms with Crippen LogP contribution in [0.5, 0.6) is 5.75 Å². The number of amides is 1. The number of nitrogens with zero attached hydrogens (tertiary/aromatic N) is 2. The van der Waals surface area contributed by atoms with Crippen molar-refractivity contribution in [3.05, 3.63) is 23.8 Å². The second kappa shape index (κ2) is 14.8. The van der Waals surface area contributed by atoms with Gasteiger partial charge >= 0.3 is 5.97 Å². The highest BCUT2D eigenvalue weighted by molar-refractivity contribution is 7.89. The van der Waals surface area contributed by atoms with Gasteiger partial charge in [-0.25, -0.2) is 8.42 Å². The van der Waals surface area contributed by atoms with E-state index in [0.717, 1.165) is 44.1 Å². The smallest absolute Gasteiger partial charge is 0.323 e. The maximum Gasteiger partial charge on any atom is 0.323 e. The number of nitrogens with one attached hydrogen (secondary N) is 1. The number of sulfonamides is 1. The largest absolute Gasteiger partial charge is 0.496 e. The minimum absolute atomic E-state index is 0.0363. The van der Waals surface area contributed by atoms with Crippen LogP contribution in [0.25, 0.3) is 0 Å². The van der Waals surface area contributed by atoms with E-state index in [4.69, 9.17) is 16.2 Å². The number of benzene rings is 1. The fourth-order valence-electron chi connectivity index (χ4n) is 4.60. The zero-order valence-corrected chi connectivity index (χ0v) is 22.6. The summed E-state index contributed by atoms with van der Waals surface area (Å²) in [6, 6.07) is 3.56. The van der Waals surface area contributed by atoms with E-state index in [2.05, 4.69) is 9.71 Å². The molecule has 1 fully saturated rings. The Kier molecular flexibility index (Phi) is 12.1. The van der Waals surface area contributed by atoms with Crippen LogP contribution >= 0.6 is 0 Å². The first kappa shape index (κ1) is 30.4. The minimum Gasteiger partial charge on any atom is -0.496 e. The van der Waals surface area contributed by atoms with Crippen LogP contribution in [0.1, 0.15) is 76.2 Å². The maximum atomic E-state index is 13.5. The van der Waals surface area contributed by atoms with Crippen LogP contribution in [-0.2, 0) is 19.6 Å². The number of aliphatic imine (C=N–C) groups is 1. The van der Waals surface area contributed by atoms with E-state index in [1.165, 1.54) is 11.0 Å². The molecule has 1 aromatic carbocycles. The summed E-state index contributed by atoms with van der Waals surface area (Å²) in [6.07, 6.45) is 6.99. The van der Waals surface area contributed by atoms with E-state index in [1.54, 1.807) is 19.2 Å².